The van der Waals surface area contributed by atoms with Crippen LogP contribution in [0.5, 0.6) is 0 Å². The quantitative estimate of drug-likeness (QED) is 0.477. The minimum atomic E-state index is -1.11. The normalized spacial score (nSPS) is 13.5. The van der Waals surface area contributed by atoms with Gasteiger partial charge in [-0.05, 0) is 24.0 Å². The van der Waals surface area contributed by atoms with Gasteiger partial charge in [-0.25, -0.2) is 9.78 Å². The van der Waals surface area contributed by atoms with Crippen molar-refractivity contribution in [1.29, 1.82) is 0 Å². The van der Waals surface area contributed by atoms with Crippen LogP contribution in [-0.4, -0.2) is 44.9 Å². The number of hydrogen-bond acceptors (Lipinski definition) is 4. The molecule has 1 aromatic carbocycles. The van der Waals surface area contributed by atoms with E-state index in [0.717, 1.165) is 21.8 Å². The Balaban J connectivity index is 1.83. The summed E-state index contributed by atoms with van der Waals surface area (Å²) in [4.78, 5) is 44.4. The van der Waals surface area contributed by atoms with Gasteiger partial charge in [-0.3, -0.25) is 9.59 Å². The van der Waals surface area contributed by atoms with Crippen LogP contribution in [0.15, 0.2) is 36.5 Å². The molecule has 8 nitrogen and oxygen atoms in total. The van der Waals surface area contributed by atoms with Crippen molar-refractivity contribution in [2.45, 2.75) is 39.8 Å². The van der Waals surface area contributed by atoms with Crippen LogP contribution in [0.2, 0.25) is 0 Å². The lowest BCUT2D eigenvalue weighted by Gasteiger charge is -2.25. The first-order chi connectivity index (χ1) is 14.2. The summed E-state index contributed by atoms with van der Waals surface area (Å²) in [6.45, 7) is 6.99. The second kappa shape index (κ2) is 8.52. The van der Waals surface area contributed by atoms with E-state index in [4.69, 9.17) is 0 Å². The fourth-order valence-corrected chi connectivity index (χ4v) is 3.38. The molecule has 3 rings (SSSR count). The van der Waals surface area contributed by atoms with Crippen molar-refractivity contribution in [2.75, 3.05) is 0 Å². The second-order valence-corrected chi connectivity index (χ2v) is 8.05. The van der Waals surface area contributed by atoms with Gasteiger partial charge in [-0.15, -0.1) is 0 Å². The van der Waals surface area contributed by atoms with Crippen molar-refractivity contribution in [3.63, 3.8) is 0 Å². The molecule has 3 aromatic rings. The number of rotatable bonds is 7. The highest BCUT2D eigenvalue weighted by molar-refractivity contribution is 6.09. The number of benzene rings is 1. The molecule has 0 saturated carbocycles. The van der Waals surface area contributed by atoms with E-state index in [0.29, 0.717) is 0 Å². The van der Waals surface area contributed by atoms with Gasteiger partial charge in [0, 0.05) is 16.3 Å². The number of carbonyl (C=O) groups is 3. The molecule has 2 aromatic heterocycles. The number of H-pyrrole nitrogens is 1. The number of amides is 2. The molecule has 30 heavy (non-hydrogen) atoms. The van der Waals surface area contributed by atoms with Gasteiger partial charge in [0.2, 0.25) is 5.91 Å². The number of fused-ring (bicyclic) bond motifs is 3. The first kappa shape index (κ1) is 21.3. The van der Waals surface area contributed by atoms with Crippen LogP contribution >= 0.6 is 0 Å². The predicted molar refractivity (Wildman–Crippen MR) is 114 cm³/mol. The summed E-state index contributed by atoms with van der Waals surface area (Å²) in [5, 5.41) is 16.4. The number of pyridine rings is 1. The predicted octanol–water partition coefficient (Wildman–Crippen LogP) is 2.70. The van der Waals surface area contributed by atoms with Gasteiger partial charge in [-0.1, -0.05) is 45.9 Å². The molecule has 2 atom stereocenters. The molecule has 2 unspecified atom stereocenters. The van der Waals surface area contributed by atoms with E-state index in [1.54, 1.807) is 40.0 Å². The molecular formula is C22H26N4O4. The van der Waals surface area contributed by atoms with Gasteiger partial charge in [0.05, 0.1) is 11.7 Å². The van der Waals surface area contributed by atoms with E-state index in [1.165, 1.54) is 0 Å². The molecule has 0 aliphatic rings. The maximum absolute atomic E-state index is 12.8. The van der Waals surface area contributed by atoms with Crippen molar-refractivity contribution < 1.29 is 19.5 Å². The lowest BCUT2D eigenvalue weighted by molar-refractivity contribution is -0.143. The summed E-state index contributed by atoms with van der Waals surface area (Å²) >= 11 is 0. The maximum atomic E-state index is 12.8. The van der Waals surface area contributed by atoms with Crippen LogP contribution < -0.4 is 10.6 Å². The lowest BCUT2D eigenvalue weighted by Crippen LogP contribution is -2.55. The van der Waals surface area contributed by atoms with E-state index in [9.17, 15) is 19.5 Å². The van der Waals surface area contributed by atoms with Crippen molar-refractivity contribution in [3.8, 4) is 0 Å². The zero-order valence-electron chi connectivity index (χ0n) is 17.4. The van der Waals surface area contributed by atoms with Crippen molar-refractivity contribution in [3.05, 3.63) is 42.2 Å². The molecule has 158 valence electrons. The Morgan fingerprint density at radius 1 is 0.933 bits per heavy atom. The zero-order valence-corrected chi connectivity index (χ0v) is 17.4. The minimum absolute atomic E-state index is 0.185. The highest BCUT2D eigenvalue weighted by Gasteiger charge is 2.30. The minimum Gasteiger partial charge on any atom is -0.480 e. The van der Waals surface area contributed by atoms with Crippen molar-refractivity contribution >= 4 is 39.6 Å². The van der Waals surface area contributed by atoms with Gasteiger partial charge in [-0.2, -0.15) is 0 Å². The molecule has 0 aliphatic heterocycles. The van der Waals surface area contributed by atoms with Crippen LogP contribution in [0, 0.1) is 11.8 Å². The second-order valence-electron chi connectivity index (χ2n) is 8.05. The van der Waals surface area contributed by atoms with Gasteiger partial charge in [0.1, 0.15) is 17.8 Å². The standard InChI is InChI=1S/C22H26N4O4/c1-11(2)18(21(28)26-19(12(3)4)22(29)30)25-20(27)16-9-14-13-7-5-6-8-15(13)24-17(14)10-23-16/h5-12,18-19,24H,1-4H3,(H,25,27)(H,26,28)(H,29,30). The number of nitrogens with zero attached hydrogens (tertiary/aromatic N) is 1. The number of aliphatic carboxylic acids is 1. The number of para-hydroxylation sites is 1. The summed E-state index contributed by atoms with van der Waals surface area (Å²) in [6, 6.07) is 7.51. The third kappa shape index (κ3) is 4.27. The number of hydrogen-bond donors (Lipinski definition) is 4. The molecule has 2 heterocycles. The number of aromatic amines is 1. The molecule has 0 fully saturated rings. The van der Waals surface area contributed by atoms with Gasteiger partial charge in [0.25, 0.3) is 5.91 Å². The third-order valence-electron chi connectivity index (χ3n) is 5.09. The van der Waals surface area contributed by atoms with Gasteiger partial charge >= 0.3 is 5.97 Å². The fourth-order valence-electron chi connectivity index (χ4n) is 3.38. The van der Waals surface area contributed by atoms with E-state index in [2.05, 4.69) is 20.6 Å². The number of nitrogens with one attached hydrogen (secondary N) is 3. The summed E-state index contributed by atoms with van der Waals surface area (Å²) in [6.07, 6.45) is 1.59. The molecular weight excluding hydrogens is 384 g/mol. The molecule has 2 amide bonds. The molecule has 0 radical (unpaired) electrons. The highest BCUT2D eigenvalue weighted by Crippen LogP contribution is 2.25. The Bertz CT molecular complexity index is 1100. The highest BCUT2D eigenvalue weighted by atomic mass is 16.4. The first-order valence-electron chi connectivity index (χ1n) is 9.89. The Morgan fingerprint density at radius 2 is 1.60 bits per heavy atom. The largest absolute Gasteiger partial charge is 0.480 e. The van der Waals surface area contributed by atoms with Crippen molar-refractivity contribution in [2.24, 2.45) is 11.8 Å². The summed E-state index contributed by atoms with van der Waals surface area (Å²) < 4.78 is 0. The van der Waals surface area contributed by atoms with Crippen LogP contribution in [0.3, 0.4) is 0 Å². The zero-order chi connectivity index (χ0) is 22.0. The average molecular weight is 410 g/mol. The summed E-state index contributed by atoms with van der Waals surface area (Å²) in [5.41, 5.74) is 1.94. The van der Waals surface area contributed by atoms with E-state index in [1.807, 2.05) is 24.3 Å². The molecule has 0 saturated heterocycles. The van der Waals surface area contributed by atoms with E-state index < -0.39 is 29.9 Å². The smallest absolute Gasteiger partial charge is 0.326 e. The molecule has 8 heteroatoms. The van der Waals surface area contributed by atoms with Crippen LogP contribution in [0.4, 0.5) is 0 Å². The molecule has 4 N–H and O–H groups in total. The van der Waals surface area contributed by atoms with Crippen LogP contribution in [-0.2, 0) is 9.59 Å². The first-order valence-corrected chi connectivity index (χ1v) is 9.89. The van der Waals surface area contributed by atoms with Crippen LogP contribution in [0.1, 0.15) is 38.2 Å². The third-order valence-corrected chi connectivity index (χ3v) is 5.09. The lowest BCUT2D eigenvalue weighted by atomic mass is 10.00. The summed E-state index contributed by atoms with van der Waals surface area (Å²) in [5.74, 6) is -2.67. The number of carboxylic acids is 1. The average Bonchev–Trinajstić information content (AvgIpc) is 3.06. The SMILES string of the molecule is CC(C)C(NC(=O)C(NC(=O)c1cc2c(cn1)[nH]c1ccccc12)C(C)C)C(=O)O. The monoisotopic (exact) mass is 410 g/mol. The Labute approximate surface area is 174 Å². The molecule has 0 aliphatic carbocycles. The Kier molecular flexibility index (Phi) is 6.05. The van der Waals surface area contributed by atoms with Crippen molar-refractivity contribution in [1.82, 2.24) is 20.6 Å². The van der Waals surface area contributed by atoms with Gasteiger partial charge < -0.3 is 20.7 Å². The number of carbonyl (C=O) groups excluding carboxylic acids is 2. The number of carboxylic acid groups (broad SMARTS) is 1. The maximum Gasteiger partial charge on any atom is 0.326 e. The van der Waals surface area contributed by atoms with Crippen LogP contribution in [0.25, 0.3) is 21.8 Å². The number of aromatic nitrogens is 2. The fraction of sp³-hybridized carbons (Fsp3) is 0.364. The van der Waals surface area contributed by atoms with E-state index >= 15 is 0 Å². The summed E-state index contributed by atoms with van der Waals surface area (Å²) in [7, 11) is 0. The Morgan fingerprint density at radius 3 is 2.23 bits per heavy atom. The Hall–Kier alpha value is -3.42. The molecule has 0 spiro atoms. The van der Waals surface area contributed by atoms with E-state index in [-0.39, 0.29) is 17.5 Å². The van der Waals surface area contributed by atoms with Gasteiger partial charge in [0.15, 0.2) is 0 Å². The topological polar surface area (TPSA) is 124 Å². The molecule has 0 bridgehead atoms.